The summed E-state index contributed by atoms with van der Waals surface area (Å²) in [5.74, 6) is -0.356. The minimum Gasteiger partial charge on any atom is -0.332 e. The summed E-state index contributed by atoms with van der Waals surface area (Å²) >= 11 is 11.1. The highest BCUT2D eigenvalue weighted by atomic mass is 35.5. The number of nitrogens with zero attached hydrogens (tertiary/aromatic N) is 2. The van der Waals surface area contributed by atoms with Crippen molar-refractivity contribution in [2.75, 3.05) is 10.6 Å². The van der Waals surface area contributed by atoms with E-state index in [0.717, 1.165) is 11.3 Å². The fourth-order valence-electron chi connectivity index (χ4n) is 2.21. The van der Waals surface area contributed by atoms with Gasteiger partial charge < -0.3 is 10.6 Å². The van der Waals surface area contributed by atoms with Crippen LogP contribution in [0.5, 0.6) is 0 Å². The molecule has 0 bridgehead atoms. The van der Waals surface area contributed by atoms with Crippen LogP contribution in [0, 0.1) is 5.82 Å². The van der Waals surface area contributed by atoms with Crippen molar-refractivity contribution in [2.24, 2.45) is 0 Å². The Morgan fingerprint density at radius 2 is 2.00 bits per heavy atom. The number of rotatable bonds is 4. The summed E-state index contributed by atoms with van der Waals surface area (Å²) in [6.45, 7) is 0.593. The predicted molar refractivity (Wildman–Crippen MR) is 99.0 cm³/mol. The van der Waals surface area contributed by atoms with Crippen LogP contribution in [0.25, 0.3) is 0 Å². The molecule has 0 unspecified atom stereocenters. The van der Waals surface area contributed by atoms with Gasteiger partial charge in [0.2, 0.25) is 0 Å². The van der Waals surface area contributed by atoms with Crippen molar-refractivity contribution >= 4 is 40.3 Å². The third kappa shape index (κ3) is 4.31. The molecule has 2 aromatic carbocycles. The number of anilines is 2. The number of nitrogens with one attached hydrogen (secondary N) is 2. The Balaban J connectivity index is 1.66. The van der Waals surface area contributed by atoms with Crippen LogP contribution >= 0.6 is 23.8 Å². The van der Waals surface area contributed by atoms with Crippen molar-refractivity contribution in [3.8, 4) is 0 Å². The number of benzene rings is 2. The Hall–Kier alpha value is -2.44. The molecule has 0 aliphatic rings. The largest absolute Gasteiger partial charge is 0.332 e. The first kappa shape index (κ1) is 16.4. The molecule has 4 nitrogen and oxygen atoms in total. The summed E-state index contributed by atoms with van der Waals surface area (Å²) in [5.41, 5.74) is 2.17. The second-order valence-corrected chi connectivity index (χ2v) is 5.96. The molecule has 2 N–H and O–H groups in total. The number of hydrogen-bond donors (Lipinski definition) is 2. The van der Waals surface area contributed by atoms with Crippen LogP contribution in [-0.4, -0.2) is 14.9 Å². The molecule has 1 heterocycles. The highest BCUT2D eigenvalue weighted by Crippen LogP contribution is 2.16. The number of hydrogen-bond acceptors (Lipinski definition) is 2. The Labute approximate surface area is 149 Å². The highest BCUT2D eigenvalue weighted by molar-refractivity contribution is 7.80. The quantitative estimate of drug-likeness (QED) is 0.671. The van der Waals surface area contributed by atoms with E-state index in [1.807, 2.05) is 24.3 Å². The number of aromatic nitrogens is 2. The van der Waals surface area contributed by atoms with Gasteiger partial charge in [-0.05, 0) is 42.0 Å². The molecule has 3 aromatic rings. The van der Waals surface area contributed by atoms with Gasteiger partial charge in [-0.3, -0.25) is 4.68 Å². The number of halogens is 2. The second kappa shape index (κ2) is 7.42. The molecule has 0 spiro atoms. The number of para-hydroxylation sites is 1. The van der Waals surface area contributed by atoms with Crippen molar-refractivity contribution in [1.29, 1.82) is 0 Å². The van der Waals surface area contributed by atoms with Crippen LogP contribution in [0.3, 0.4) is 0 Å². The minimum atomic E-state index is -0.356. The maximum atomic E-state index is 13.6. The molecule has 0 aliphatic heterocycles. The first-order valence-electron chi connectivity index (χ1n) is 7.19. The third-order valence-electron chi connectivity index (χ3n) is 3.25. The maximum absolute atomic E-state index is 13.6. The molecular formula is C17H14ClFN4S. The SMILES string of the molecule is Fc1ccccc1NC(=S)Nc1cccc(Cn2cc(Cl)cn2)c1. The van der Waals surface area contributed by atoms with Gasteiger partial charge in [0.25, 0.3) is 0 Å². The molecular weight excluding hydrogens is 347 g/mol. The number of thiocarbonyl (C=S) groups is 1. The summed E-state index contributed by atoms with van der Waals surface area (Å²) in [7, 11) is 0. The van der Waals surface area contributed by atoms with Gasteiger partial charge in [0.1, 0.15) is 5.82 Å². The normalized spacial score (nSPS) is 10.4. The average Bonchev–Trinajstić information content (AvgIpc) is 2.95. The molecule has 7 heteroatoms. The summed E-state index contributed by atoms with van der Waals surface area (Å²) in [5, 5.41) is 11.0. The van der Waals surface area contributed by atoms with Gasteiger partial charge in [0.05, 0.1) is 23.5 Å². The molecule has 0 radical (unpaired) electrons. The van der Waals surface area contributed by atoms with Crippen molar-refractivity contribution < 1.29 is 4.39 Å². The smallest absolute Gasteiger partial charge is 0.175 e. The lowest BCUT2D eigenvalue weighted by molar-refractivity contribution is 0.632. The van der Waals surface area contributed by atoms with Crippen molar-refractivity contribution in [3.63, 3.8) is 0 Å². The van der Waals surface area contributed by atoms with Crippen molar-refractivity contribution in [1.82, 2.24) is 9.78 Å². The van der Waals surface area contributed by atoms with Gasteiger partial charge in [-0.1, -0.05) is 35.9 Å². The van der Waals surface area contributed by atoms with Gasteiger partial charge in [-0.25, -0.2) is 4.39 Å². The minimum absolute atomic E-state index is 0.319. The zero-order valence-corrected chi connectivity index (χ0v) is 14.1. The molecule has 0 saturated heterocycles. The summed E-state index contributed by atoms with van der Waals surface area (Å²) in [6.07, 6.45) is 3.35. The van der Waals surface area contributed by atoms with E-state index in [2.05, 4.69) is 15.7 Å². The molecule has 1 aromatic heterocycles. The zero-order chi connectivity index (χ0) is 16.9. The molecule has 3 rings (SSSR count). The Kier molecular flexibility index (Phi) is 5.08. The topological polar surface area (TPSA) is 41.9 Å². The second-order valence-electron chi connectivity index (χ2n) is 5.12. The van der Waals surface area contributed by atoms with Gasteiger partial charge in [0, 0.05) is 11.9 Å². The fourth-order valence-corrected chi connectivity index (χ4v) is 2.59. The molecule has 0 aliphatic carbocycles. The van der Waals surface area contributed by atoms with Gasteiger partial charge >= 0.3 is 0 Å². The fraction of sp³-hybridized carbons (Fsp3) is 0.0588. The van der Waals surface area contributed by atoms with E-state index >= 15 is 0 Å². The van der Waals surface area contributed by atoms with E-state index in [9.17, 15) is 4.39 Å². The molecule has 24 heavy (non-hydrogen) atoms. The molecule has 0 saturated carbocycles. The first-order chi connectivity index (χ1) is 11.6. The van der Waals surface area contributed by atoms with Crippen LogP contribution in [0.2, 0.25) is 5.02 Å². The Bertz CT molecular complexity index is 865. The van der Waals surface area contributed by atoms with E-state index in [1.165, 1.54) is 6.07 Å². The lowest BCUT2D eigenvalue weighted by Crippen LogP contribution is -2.19. The standard InChI is InChI=1S/C17H14ClFN4S/c18-13-9-20-23(11-13)10-12-4-3-5-14(8-12)21-17(24)22-16-7-2-1-6-15(16)19/h1-9,11H,10H2,(H2,21,22,24). The third-order valence-corrected chi connectivity index (χ3v) is 3.65. The van der Waals surface area contributed by atoms with Crippen LogP contribution < -0.4 is 10.6 Å². The Morgan fingerprint density at radius 1 is 1.17 bits per heavy atom. The average molecular weight is 361 g/mol. The van der Waals surface area contributed by atoms with Crippen molar-refractivity contribution in [3.05, 3.63) is 77.3 Å². The highest BCUT2D eigenvalue weighted by Gasteiger charge is 2.04. The van der Waals surface area contributed by atoms with Gasteiger partial charge in [-0.2, -0.15) is 5.10 Å². The van der Waals surface area contributed by atoms with E-state index in [0.29, 0.717) is 22.4 Å². The molecule has 0 fully saturated rings. The first-order valence-corrected chi connectivity index (χ1v) is 7.98. The van der Waals surface area contributed by atoms with Crippen LogP contribution in [0.1, 0.15) is 5.56 Å². The van der Waals surface area contributed by atoms with Crippen molar-refractivity contribution in [2.45, 2.75) is 6.54 Å². The summed E-state index contributed by atoms with van der Waals surface area (Å²) in [6, 6.07) is 14.1. The van der Waals surface area contributed by atoms with Crippen LogP contribution in [-0.2, 0) is 6.54 Å². The Morgan fingerprint density at radius 3 is 2.75 bits per heavy atom. The molecule has 122 valence electrons. The summed E-state index contributed by atoms with van der Waals surface area (Å²) < 4.78 is 15.4. The van der Waals surface area contributed by atoms with E-state index in [4.69, 9.17) is 23.8 Å². The van der Waals surface area contributed by atoms with E-state index < -0.39 is 0 Å². The lowest BCUT2D eigenvalue weighted by Gasteiger charge is -2.12. The van der Waals surface area contributed by atoms with Gasteiger partial charge in [0.15, 0.2) is 5.11 Å². The van der Waals surface area contributed by atoms with Gasteiger partial charge in [-0.15, -0.1) is 0 Å². The summed E-state index contributed by atoms with van der Waals surface area (Å²) in [4.78, 5) is 0. The van der Waals surface area contributed by atoms with Crippen LogP contribution in [0.4, 0.5) is 15.8 Å². The monoisotopic (exact) mass is 360 g/mol. The van der Waals surface area contributed by atoms with E-state index in [-0.39, 0.29) is 5.82 Å². The zero-order valence-electron chi connectivity index (χ0n) is 12.5. The molecule has 0 amide bonds. The van der Waals surface area contributed by atoms with Crippen LogP contribution in [0.15, 0.2) is 60.9 Å². The van der Waals surface area contributed by atoms with E-state index in [1.54, 1.807) is 35.3 Å². The lowest BCUT2D eigenvalue weighted by atomic mass is 10.2. The molecule has 0 atom stereocenters. The maximum Gasteiger partial charge on any atom is 0.175 e. The predicted octanol–water partition coefficient (Wildman–Crippen LogP) is 4.53.